The highest BCUT2D eigenvalue weighted by Crippen LogP contribution is 2.14. The molecule has 0 fully saturated rings. The number of carboxylic acids is 1. The topological polar surface area (TPSA) is 40.5 Å². The molecule has 1 N–H and O–H groups in total. The summed E-state index contributed by atoms with van der Waals surface area (Å²) in [4.78, 5) is 12.7. The maximum Gasteiger partial charge on any atom is 0.335 e. The van der Waals surface area contributed by atoms with Gasteiger partial charge < -0.3 is 5.11 Å². The largest absolute Gasteiger partial charge is 0.478 e. The Morgan fingerprint density at radius 2 is 2.06 bits per heavy atom. The quantitative estimate of drug-likeness (QED) is 0.874. The van der Waals surface area contributed by atoms with Crippen molar-refractivity contribution in [1.82, 2.24) is 4.90 Å². The molecule has 0 aliphatic carbocycles. The highest BCUT2D eigenvalue weighted by molar-refractivity contribution is 5.87. The van der Waals surface area contributed by atoms with E-state index in [0.717, 1.165) is 18.5 Å². The normalized spacial score (nSPS) is 16.6. The lowest BCUT2D eigenvalue weighted by atomic mass is 10.1. The second-order valence-corrected chi connectivity index (χ2v) is 4.15. The number of aromatic carboxylic acids is 1. The zero-order valence-electron chi connectivity index (χ0n) is 9.40. The predicted octanol–water partition coefficient (Wildman–Crippen LogP) is 2.44. The van der Waals surface area contributed by atoms with E-state index >= 15 is 0 Å². The third-order valence-electron chi connectivity index (χ3n) is 2.79. The van der Waals surface area contributed by atoms with Gasteiger partial charge in [0, 0.05) is 13.1 Å². The van der Waals surface area contributed by atoms with Crippen LogP contribution in [-0.2, 0) is 6.54 Å². The minimum Gasteiger partial charge on any atom is -0.478 e. The van der Waals surface area contributed by atoms with Gasteiger partial charge in [0.1, 0.15) is 5.83 Å². The summed E-state index contributed by atoms with van der Waals surface area (Å²) in [7, 11) is 0. The van der Waals surface area contributed by atoms with Gasteiger partial charge in [0.05, 0.1) is 12.1 Å². The van der Waals surface area contributed by atoms with Crippen molar-refractivity contribution in [3.05, 3.63) is 47.3 Å². The van der Waals surface area contributed by atoms with Gasteiger partial charge in [-0.25, -0.2) is 9.18 Å². The maximum atomic E-state index is 13.0. The van der Waals surface area contributed by atoms with Crippen molar-refractivity contribution in [1.29, 1.82) is 0 Å². The van der Waals surface area contributed by atoms with Crippen LogP contribution in [0.3, 0.4) is 0 Å². The number of nitrogens with zero attached hydrogens (tertiary/aromatic N) is 1. The number of hydrogen-bond donors (Lipinski definition) is 1. The lowest BCUT2D eigenvalue weighted by Crippen LogP contribution is -2.28. The van der Waals surface area contributed by atoms with Crippen molar-refractivity contribution in [3.8, 4) is 0 Å². The second kappa shape index (κ2) is 5.10. The van der Waals surface area contributed by atoms with Gasteiger partial charge in [0.15, 0.2) is 0 Å². The summed E-state index contributed by atoms with van der Waals surface area (Å²) >= 11 is 0. The van der Waals surface area contributed by atoms with Crippen molar-refractivity contribution in [2.45, 2.75) is 13.0 Å². The number of halogens is 1. The first-order chi connectivity index (χ1) is 8.15. The molecule has 0 aromatic heterocycles. The second-order valence-electron chi connectivity index (χ2n) is 4.15. The molecule has 90 valence electrons. The van der Waals surface area contributed by atoms with Crippen LogP contribution >= 0.6 is 0 Å². The van der Waals surface area contributed by atoms with Crippen molar-refractivity contribution in [3.63, 3.8) is 0 Å². The maximum absolute atomic E-state index is 13.0. The molecule has 0 unspecified atom stereocenters. The van der Waals surface area contributed by atoms with Gasteiger partial charge in [-0.1, -0.05) is 18.2 Å². The number of hydrogen-bond acceptors (Lipinski definition) is 2. The van der Waals surface area contributed by atoms with Crippen LogP contribution in [0.25, 0.3) is 0 Å². The van der Waals surface area contributed by atoms with Crippen LogP contribution in [0.2, 0.25) is 0 Å². The first-order valence-electron chi connectivity index (χ1n) is 5.54. The van der Waals surface area contributed by atoms with Crippen LogP contribution in [0.15, 0.2) is 36.2 Å². The van der Waals surface area contributed by atoms with Crippen LogP contribution in [0, 0.1) is 0 Å². The molecule has 1 heterocycles. The van der Waals surface area contributed by atoms with E-state index in [1.54, 1.807) is 30.3 Å². The zero-order chi connectivity index (χ0) is 12.3. The fourth-order valence-electron chi connectivity index (χ4n) is 1.91. The summed E-state index contributed by atoms with van der Waals surface area (Å²) in [6.07, 6.45) is 2.35. The third kappa shape index (κ3) is 3.14. The monoisotopic (exact) mass is 235 g/mol. The van der Waals surface area contributed by atoms with Crippen LogP contribution in [-0.4, -0.2) is 29.1 Å². The van der Waals surface area contributed by atoms with Crippen molar-refractivity contribution < 1.29 is 14.3 Å². The van der Waals surface area contributed by atoms with Crippen LogP contribution in [0.5, 0.6) is 0 Å². The molecule has 3 nitrogen and oxygen atoms in total. The van der Waals surface area contributed by atoms with Gasteiger partial charge in [-0.05, 0) is 24.1 Å². The molecular weight excluding hydrogens is 221 g/mol. The first kappa shape index (κ1) is 11.8. The molecule has 17 heavy (non-hydrogen) atoms. The number of carboxylic acid groups (broad SMARTS) is 1. The highest BCUT2D eigenvalue weighted by Gasteiger charge is 2.12. The Balaban J connectivity index is 1.99. The highest BCUT2D eigenvalue weighted by atomic mass is 19.1. The van der Waals surface area contributed by atoms with Gasteiger partial charge in [0.25, 0.3) is 0 Å². The van der Waals surface area contributed by atoms with Crippen molar-refractivity contribution >= 4 is 5.97 Å². The van der Waals surface area contributed by atoms with E-state index in [9.17, 15) is 9.18 Å². The third-order valence-corrected chi connectivity index (χ3v) is 2.79. The van der Waals surface area contributed by atoms with Gasteiger partial charge in [-0.2, -0.15) is 0 Å². The molecule has 1 aliphatic heterocycles. The van der Waals surface area contributed by atoms with Crippen molar-refractivity contribution in [2.24, 2.45) is 0 Å². The molecule has 1 aromatic carbocycles. The van der Waals surface area contributed by atoms with E-state index in [-0.39, 0.29) is 11.4 Å². The molecule has 2 rings (SSSR count). The summed E-state index contributed by atoms with van der Waals surface area (Å²) in [5.41, 5.74) is 1.28. The average molecular weight is 235 g/mol. The minimum atomic E-state index is -0.927. The lowest BCUT2D eigenvalue weighted by Gasteiger charge is -2.24. The Kier molecular flexibility index (Phi) is 3.54. The molecule has 0 bridgehead atoms. The van der Waals surface area contributed by atoms with E-state index in [1.165, 1.54) is 0 Å². The predicted molar refractivity (Wildman–Crippen MR) is 62.5 cm³/mol. The van der Waals surface area contributed by atoms with Crippen LogP contribution < -0.4 is 0 Å². The SMILES string of the molecule is O=C(O)c1ccc(CN2CCC=C(F)C2)cc1. The zero-order valence-corrected chi connectivity index (χ0v) is 9.40. The summed E-state index contributed by atoms with van der Waals surface area (Å²) in [6, 6.07) is 6.71. The summed E-state index contributed by atoms with van der Waals surface area (Å²) in [5.74, 6) is -1.01. The first-order valence-corrected chi connectivity index (χ1v) is 5.54. The standard InChI is InChI=1S/C13H14FNO2/c14-12-2-1-7-15(9-12)8-10-3-5-11(6-4-10)13(16)17/h2-6H,1,7-9H2,(H,16,17). The molecule has 0 saturated heterocycles. The molecule has 4 heteroatoms. The summed E-state index contributed by atoms with van der Waals surface area (Å²) < 4.78 is 13.0. The molecular formula is C13H14FNO2. The lowest BCUT2D eigenvalue weighted by molar-refractivity contribution is 0.0697. The van der Waals surface area contributed by atoms with Gasteiger partial charge in [-0.3, -0.25) is 4.90 Å². The molecule has 1 aromatic rings. The number of benzene rings is 1. The van der Waals surface area contributed by atoms with Gasteiger partial charge in [-0.15, -0.1) is 0 Å². The summed E-state index contributed by atoms with van der Waals surface area (Å²) in [5, 5.41) is 8.76. The Morgan fingerprint density at radius 3 is 2.65 bits per heavy atom. The minimum absolute atomic E-state index is 0.0848. The van der Waals surface area contributed by atoms with Gasteiger partial charge >= 0.3 is 5.97 Å². The number of carbonyl (C=O) groups is 1. The van der Waals surface area contributed by atoms with E-state index in [4.69, 9.17) is 5.11 Å². The molecule has 1 aliphatic rings. The summed E-state index contributed by atoms with van der Waals surface area (Å²) in [6.45, 7) is 1.84. The van der Waals surface area contributed by atoms with Crippen LogP contribution in [0.4, 0.5) is 4.39 Å². The van der Waals surface area contributed by atoms with E-state index in [0.29, 0.717) is 13.1 Å². The molecule has 0 radical (unpaired) electrons. The average Bonchev–Trinajstić information content (AvgIpc) is 2.29. The molecule has 0 saturated carbocycles. The Labute approximate surface area is 99.2 Å². The van der Waals surface area contributed by atoms with Gasteiger partial charge in [0.2, 0.25) is 0 Å². The van der Waals surface area contributed by atoms with Crippen molar-refractivity contribution in [2.75, 3.05) is 13.1 Å². The molecule has 0 spiro atoms. The Bertz CT molecular complexity index is 439. The van der Waals surface area contributed by atoms with E-state index < -0.39 is 5.97 Å². The number of rotatable bonds is 3. The van der Waals surface area contributed by atoms with E-state index in [1.807, 2.05) is 4.90 Å². The molecule has 0 amide bonds. The Hall–Kier alpha value is -1.68. The smallest absolute Gasteiger partial charge is 0.335 e. The fourth-order valence-corrected chi connectivity index (χ4v) is 1.91. The Morgan fingerprint density at radius 1 is 1.35 bits per heavy atom. The van der Waals surface area contributed by atoms with E-state index in [2.05, 4.69) is 0 Å². The van der Waals surface area contributed by atoms with Crippen LogP contribution in [0.1, 0.15) is 22.3 Å². The molecule has 0 atom stereocenters. The fraction of sp³-hybridized carbons (Fsp3) is 0.308.